The molecule has 0 aliphatic carbocycles. The summed E-state index contributed by atoms with van der Waals surface area (Å²) < 4.78 is 5.93. The van der Waals surface area contributed by atoms with Gasteiger partial charge in [-0.15, -0.1) is 11.3 Å². The number of nitrogens with zero attached hydrogens (tertiary/aromatic N) is 2. The summed E-state index contributed by atoms with van der Waals surface area (Å²) in [6.45, 7) is -0.200. The standard InChI is InChI=1S/C7H5BrN2O2S/c8-5-1-4(3-13-5)7-9-6(2-11)10-12-7/h1,3,11H,2H2. The van der Waals surface area contributed by atoms with E-state index in [4.69, 9.17) is 9.63 Å². The van der Waals surface area contributed by atoms with Gasteiger partial charge in [0.05, 0.1) is 9.35 Å². The van der Waals surface area contributed by atoms with E-state index in [-0.39, 0.29) is 6.61 Å². The zero-order valence-electron chi connectivity index (χ0n) is 6.40. The molecule has 0 saturated heterocycles. The Balaban J connectivity index is 2.35. The van der Waals surface area contributed by atoms with E-state index < -0.39 is 0 Å². The maximum absolute atomic E-state index is 8.71. The molecule has 2 heterocycles. The Morgan fingerprint density at radius 3 is 3.00 bits per heavy atom. The topological polar surface area (TPSA) is 59.2 Å². The minimum atomic E-state index is -0.200. The van der Waals surface area contributed by atoms with E-state index in [1.807, 2.05) is 11.4 Å². The van der Waals surface area contributed by atoms with Crippen molar-refractivity contribution in [2.24, 2.45) is 0 Å². The van der Waals surface area contributed by atoms with Gasteiger partial charge in [-0.2, -0.15) is 4.98 Å². The predicted octanol–water partition coefficient (Wildman–Crippen LogP) is 2.05. The van der Waals surface area contributed by atoms with E-state index in [9.17, 15) is 0 Å². The summed E-state index contributed by atoms with van der Waals surface area (Å²) in [4.78, 5) is 3.97. The number of aliphatic hydroxyl groups is 1. The Bertz CT molecular complexity index is 412. The maximum atomic E-state index is 8.71. The molecule has 68 valence electrons. The molecule has 1 N–H and O–H groups in total. The van der Waals surface area contributed by atoms with Crippen LogP contribution in [0.2, 0.25) is 0 Å². The minimum Gasteiger partial charge on any atom is -0.388 e. The molecule has 13 heavy (non-hydrogen) atoms. The van der Waals surface area contributed by atoms with Gasteiger partial charge in [0.1, 0.15) is 6.61 Å². The first-order valence-electron chi connectivity index (χ1n) is 3.47. The monoisotopic (exact) mass is 260 g/mol. The van der Waals surface area contributed by atoms with Crippen LogP contribution in [-0.2, 0) is 6.61 Å². The zero-order valence-corrected chi connectivity index (χ0v) is 8.80. The van der Waals surface area contributed by atoms with Crippen LogP contribution in [0.4, 0.5) is 0 Å². The molecule has 2 aromatic heterocycles. The Hall–Kier alpha value is -0.720. The van der Waals surface area contributed by atoms with Gasteiger partial charge in [0.15, 0.2) is 5.82 Å². The lowest BCUT2D eigenvalue weighted by atomic mass is 10.3. The highest BCUT2D eigenvalue weighted by Gasteiger charge is 2.09. The summed E-state index contributed by atoms with van der Waals surface area (Å²) in [5.74, 6) is 0.739. The summed E-state index contributed by atoms with van der Waals surface area (Å²) in [5.41, 5.74) is 0.865. The van der Waals surface area contributed by atoms with E-state index >= 15 is 0 Å². The smallest absolute Gasteiger partial charge is 0.258 e. The SMILES string of the molecule is OCc1noc(-c2csc(Br)c2)n1. The van der Waals surface area contributed by atoms with Gasteiger partial charge in [-0.3, -0.25) is 0 Å². The predicted molar refractivity (Wildman–Crippen MR) is 51.2 cm³/mol. The van der Waals surface area contributed by atoms with Gasteiger partial charge in [0, 0.05) is 5.38 Å². The lowest BCUT2D eigenvalue weighted by Gasteiger charge is -1.82. The molecule has 0 aliphatic rings. The van der Waals surface area contributed by atoms with Crippen LogP contribution >= 0.6 is 27.3 Å². The highest BCUT2D eigenvalue weighted by molar-refractivity contribution is 9.11. The average Bonchev–Trinajstić information content (AvgIpc) is 2.71. The second-order valence-corrected chi connectivity index (χ2v) is 4.60. The largest absolute Gasteiger partial charge is 0.388 e. The molecular formula is C7H5BrN2O2S. The van der Waals surface area contributed by atoms with Crippen molar-refractivity contribution >= 4 is 27.3 Å². The Morgan fingerprint density at radius 1 is 1.62 bits per heavy atom. The first-order chi connectivity index (χ1) is 6.29. The molecule has 0 spiro atoms. The third kappa shape index (κ3) is 1.79. The van der Waals surface area contributed by atoms with Gasteiger partial charge in [-0.05, 0) is 22.0 Å². The first kappa shape index (κ1) is 8.86. The number of hydrogen-bond acceptors (Lipinski definition) is 5. The second kappa shape index (κ2) is 3.57. The molecule has 0 aromatic carbocycles. The van der Waals surface area contributed by atoms with E-state index in [1.165, 1.54) is 0 Å². The normalized spacial score (nSPS) is 10.6. The van der Waals surface area contributed by atoms with Crippen LogP contribution in [0.5, 0.6) is 0 Å². The van der Waals surface area contributed by atoms with E-state index in [2.05, 4.69) is 26.1 Å². The van der Waals surface area contributed by atoms with Crippen molar-refractivity contribution in [1.82, 2.24) is 10.1 Å². The molecule has 0 fully saturated rings. The van der Waals surface area contributed by atoms with Crippen LogP contribution in [0.1, 0.15) is 5.82 Å². The van der Waals surface area contributed by atoms with Gasteiger partial charge in [0.2, 0.25) is 0 Å². The van der Waals surface area contributed by atoms with Crippen LogP contribution in [0.15, 0.2) is 19.8 Å². The number of rotatable bonds is 2. The van der Waals surface area contributed by atoms with E-state index in [0.717, 1.165) is 9.35 Å². The molecule has 0 unspecified atom stereocenters. The van der Waals surface area contributed by atoms with Crippen LogP contribution in [0.3, 0.4) is 0 Å². The molecule has 0 saturated carbocycles. The fraction of sp³-hybridized carbons (Fsp3) is 0.143. The second-order valence-electron chi connectivity index (χ2n) is 2.31. The molecule has 0 bridgehead atoms. The molecule has 0 aliphatic heterocycles. The molecule has 4 nitrogen and oxygen atoms in total. The molecule has 0 atom stereocenters. The van der Waals surface area contributed by atoms with Crippen molar-refractivity contribution in [2.75, 3.05) is 0 Å². The summed E-state index contributed by atoms with van der Waals surface area (Å²) in [6, 6.07) is 1.89. The maximum Gasteiger partial charge on any atom is 0.258 e. The van der Waals surface area contributed by atoms with Gasteiger partial charge < -0.3 is 9.63 Å². The van der Waals surface area contributed by atoms with Crippen molar-refractivity contribution in [2.45, 2.75) is 6.61 Å². The fourth-order valence-electron chi connectivity index (χ4n) is 0.858. The van der Waals surface area contributed by atoms with Crippen LogP contribution in [-0.4, -0.2) is 15.2 Å². The Labute approximate surface area is 86.3 Å². The van der Waals surface area contributed by atoms with Gasteiger partial charge in [0.25, 0.3) is 5.89 Å². The highest BCUT2D eigenvalue weighted by Crippen LogP contribution is 2.27. The van der Waals surface area contributed by atoms with Crippen LogP contribution < -0.4 is 0 Å². The van der Waals surface area contributed by atoms with E-state index in [0.29, 0.717) is 11.7 Å². The molecule has 2 aromatic rings. The van der Waals surface area contributed by atoms with Gasteiger partial charge in [-0.1, -0.05) is 5.16 Å². The summed E-state index contributed by atoms with van der Waals surface area (Å²) in [5, 5.41) is 14.2. The third-order valence-corrected chi connectivity index (χ3v) is 2.93. The van der Waals surface area contributed by atoms with Crippen molar-refractivity contribution in [3.63, 3.8) is 0 Å². The Kier molecular flexibility index (Phi) is 2.43. The number of aromatic nitrogens is 2. The molecular weight excluding hydrogens is 256 g/mol. The average molecular weight is 261 g/mol. The summed E-state index contributed by atoms with van der Waals surface area (Å²) >= 11 is 4.88. The molecule has 2 rings (SSSR count). The van der Waals surface area contributed by atoms with Crippen LogP contribution in [0.25, 0.3) is 11.5 Å². The minimum absolute atomic E-state index is 0.200. The number of halogens is 1. The van der Waals surface area contributed by atoms with Crippen molar-refractivity contribution in [3.8, 4) is 11.5 Å². The summed E-state index contributed by atoms with van der Waals surface area (Å²) in [6.07, 6.45) is 0. The first-order valence-corrected chi connectivity index (χ1v) is 5.14. The highest BCUT2D eigenvalue weighted by atomic mass is 79.9. The Morgan fingerprint density at radius 2 is 2.46 bits per heavy atom. The number of thiophene rings is 1. The third-order valence-electron chi connectivity index (χ3n) is 1.42. The van der Waals surface area contributed by atoms with Crippen molar-refractivity contribution in [1.29, 1.82) is 0 Å². The van der Waals surface area contributed by atoms with Crippen molar-refractivity contribution < 1.29 is 9.63 Å². The number of hydrogen-bond donors (Lipinski definition) is 1. The lowest BCUT2D eigenvalue weighted by Crippen LogP contribution is -1.84. The van der Waals surface area contributed by atoms with Crippen molar-refractivity contribution in [3.05, 3.63) is 21.1 Å². The molecule has 0 amide bonds. The lowest BCUT2D eigenvalue weighted by molar-refractivity contribution is 0.264. The van der Waals surface area contributed by atoms with Gasteiger partial charge >= 0.3 is 0 Å². The molecule has 6 heteroatoms. The molecule has 0 radical (unpaired) electrons. The van der Waals surface area contributed by atoms with Gasteiger partial charge in [-0.25, -0.2) is 0 Å². The fourth-order valence-corrected chi connectivity index (χ4v) is 1.99. The van der Waals surface area contributed by atoms with Crippen LogP contribution in [0, 0.1) is 0 Å². The number of aliphatic hydroxyl groups excluding tert-OH is 1. The summed E-state index contributed by atoms with van der Waals surface area (Å²) in [7, 11) is 0. The quantitative estimate of drug-likeness (QED) is 0.898. The van der Waals surface area contributed by atoms with E-state index in [1.54, 1.807) is 11.3 Å². The zero-order chi connectivity index (χ0) is 9.26.